The van der Waals surface area contributed by atoms with Gasteiger partial charge < -0.3 is 15.2 Å². The highest BCUT2D eigenvalue weighted by Gasteiger charge is 2.21. The number of methoxy groups -OCH3 is 2. The molecule has 112 valence electrons. The predicted molar refractivity (Wildman–Crippen MR) is 79.4 cm³/mol. The summed E-state index contributed by atoms with van der Waals surface area (Å²) in [7, 11) is 3.25. The molecule has 3 rings (SSSR count). The number of fused-ring (bicyclic) bond motifs is 1. The zero-order chi connectivity index (χ0) is 14.8. The molecule has 1 unspecified atom stereocenters. The minimum absolute atomic E-state index is 0.514. The van der Waals surface area contributed by atoms with Crippen LogP contribution in [0.5, 0.6) is 11.5 Å². The van der Waals surface area contributed by atoms with Crippen molar-refractivity contribution in [3.63, 3.8) is 0 Å². The van der Waals surface area contributed by atoms with Gasteiger partial charge in [-0.2, -0.15) is 5.10 Å². The Morgan fingerprint density at radius 1 is 1.29 bits per heavy atom. The number of nitrogens with two attached hydrogens (primary N) is 1. The lowest BCUT2D eigenvalue weighted by atomic mass is 9.98. The van der Waals surface area contributed by atoms with Gasteiger partial charge in [0.15, 0.2) is 17.3 Å². The van der Waals surface area contributed by atoms with Gasteiger partial charge in [0.1, 0.15) is 5.82 Å². The molecule has 1 aliphatic heterocycles. The second kappa shape index (κ2) is 5.73. The molecule has 21 heavy (non-hydrogen) atoms. The number of aromatic nitrogens is 3. The smallest absolute Gasteiger partial charge is 0.181 e. The van der Waals surface area contributed by atoms with Gasteiger partial charge in [0.2, 0.25) is 0 Å². The van der Waals surface area contributed by atoms with Gasteiger partial charge in [0.25, 0.3) is 0 Å². The van der Waals surface area contributed by atoms with Crippen molar-refractivity contribution >= 4 is 0 Å². The average Bonchev–Trinajstić information content (AvgIpc) is 2.96. The fraction of sp³-hybridized carbons (Fsp3) is 0.467. The van der Waals surface area contributed by atoms with Gasteiger partial charge in [0.05, 0.1) is 14.2 Å². The van der Waals surface area contributed by atoms with Gasteiger partial charge >= 0.3 is 0 Å². The standard InChI is InChI=1S/C15H20N4O2/c1-20-12-4-3-11(8-13(12)21-2)15-17-14-7-10(9-16)5-6-19(14)18-15/h3-4,8,10H,5-7,9,16H2,1-2H3. The lowest BCUT2D eigenvalue weighted by Crippen LogP contribution is -2.25. The molecule has 0 radical (unpaired) electrons. The van der Waals surface area contributed by atoms with Gasteiger partial charge in [0, 0.05) is 18.5 Å². The topological polar surface area (TPSA) is 75.2 Å². The summed E-state index contributed by atoms with van der Waals surface area (Å²) in [6, 6.07) is 5.72. The van der Waals surface area contributed by atoms with Crippen molar-refractivity contribution in [1.82, 2.24) is 14.8 Å². The number of rotatable bonds is 4. The van der Waals surface area contributed by atoms with E-state index in [2.05, 4.69) is 10.1 Å². The van der Waals surface area contributed by atoms with Crippen molar-refractivity contribution in [2.45, 2.75) is 19.4 Å². The van der Waals surface area contributed by atoms with Crippen LogP contribution in [0.1, 0.15) is 12.2 Å². The quantitative estimate of drug-likeness (QED) is 0.922. The Bertz CT molecular complexity index is 639. The summed E-state index contributed by atoms with van der Waals surface area (Å²) in [6.07, 6.45) is 1.97. The van der Waals surface area contributed by atoms with Crippen LogP contribution < -0.4 is 15.2 Å². The van der Waals surface area contributed by atoms with E-state index in [4.69, 9.17) is 15.2 Å². The van der Waals surface area contributed by atoms with E-state index in [1.54, 1.807) is 14.2 Å². The van der Waals surface area contributed by atoms with E-state index in [-0.39, 0.29) is 0 Å². The van der Waals surface area contributed by atoms with Crippen molar-refractivity contribution in [3.05, 3.63) is 24.0 Å². The van der Waals surface area contributed by atoms with Gasteiger partial charge in [-0.15, -0.1) is 0 Å². The van der Waals surface area contributed by atoms with Gasteiger partial charge in [-0.05, 0) is 37.1 Å². The molecular formula is C15H20N4O2. The summed E-state index contributed by atoms with van der Waals surface area (Å²) in [5.74, 6) is 3.64. The summed E-state index contributed by atoms with van der Waals surface area (Å²) in [6.45, 7) is 1.59. The van der Waals surface area contributed by atoms with Crippen LogP contribution in [0.25, 0.3) is 11.4 Å². The van der Waals surface area contributed by atoms with Crippen molar-refractivity contribution < 1.29 is 9.47 Å². The number of hydrogen-bond acceptors (Lipinski definition) is 5. The van der Waals surface area contributed by atoms with Crippen LogP contribution in [0.2, 0.25) is 0 Å². The molecule has 1 aromatic carbocycles. The highest BCUT2D eigenvalue weighted by atomic mass is 16.5. The summed E-state index contributed by atoms with van der Waals surface area (Å²) < 4.78 is 12.6. The molecule has 2 aromatic rings. The zero-order valence-electron chi connectivity index (χ0n) is 12.4. The third kappa shape index (κ3) is 2.58. The molecule has 6 heteroatoms. The molecule has 0 spiro atoms. The maximum atomic E-state index is 5.76. The predicted octanol–water partition coefficient (Wildman–Crippen LogP) is 1.48. The summed E-state index contributed by atoms with van der Waals surface area (Å²) in [4.78, 5) is 4.65. The van der Waals surface area contributed by atoms with Gasteiger partial charge in [-0.1, -0.05) is 0 Å². The Kier molecular flexibility index (Phi) is 3.79. The SMILES string of the molecule is COc1ccc(-c2nc3n(n2)CCC(CN)C3)cc1OC. The molecule has 1 aromatic heterocycles. The molecule has 6 nitrogen and oxygen atoms in total. The molecule has 0 amide bonds. The molecule has 2 N–H and O–H groups in total. The van der Waals surface area contributed by atoms with Crippen molar-refractivity contribution in [3.8, 4) is 22.9 Å². The first-order valence-electron chi connectivity index (χ1n) is 7.11. The lowest BCUT2D eigenvalue weighted by Gasteiger charge is -2.19. The van der Waals surface area contributed by atoms with E-state index in [1.165, 1.54) is 0 Å². The normalized spacial score (nSPS) is 17.4. The first-order valence-corrected chi connectivity index (χ1v) is 7.11. The van der Waals surface area contributed by atoms with Crippen LogP contribution in [0.4, 0.5) is 0 Å². The van der Waals surface area contributed by atoms with Crippen LogP contribution in [0.15, 0.2) is 18.2 Å². The van der Waals surface area contributed by atoms with E-state index >= 15 is 0 Å². The number of nitrogens with zero attached hydrogens (tertiary/aromatic N) is 3. The Morgan fingerprint density at radius 3 is 2.81 bits per heavy atom. The second-order valence-electron chi connectivity index (χ2n) is 5.24. The lowest BCUT2D eigenvalue weighted by molar-refractivity contribution is 0.355. The second-order valence-corrected chi connectivity index (χ2v) is 5.24. The fourth-order valence-electron chi connectivity index (χ4n) is 2.67. The molecule has 0 aliphatic carbocycles. The van der Waals surface area contributed by atoms with E-state index in [0.717, 1.165) is 36.6 Å². The van der Waals surface area contributed by atoms with Crippen LogP contribution in [-0.2, 0) is 13.0 Å². The monoisotopic (exact) mass is 288 g/mol. The van der Waals surface area contributed by atoms with Crippen LogP contribution in [0.3, 0.4) is 0 Å². The first-order chi connectivity index (χ1) is 10.2. The Labute approximate surface area is 123 Å². The van der Waals surface area contributed by atoms with Crippen LogP contribution in [0, 0.1) is 5.92 Å². The molecule has 0 saturated carbocycles. The molecule has 2 heterocycles. The number of ether oxygens (including phenoxy) is 2. The van der Waals surface area contributed by atoms with E-state index in [0.29, 0.717) is 24.0 Å². The molecular weight excluding hydrogens is 268 g/mol. The molecule has 1 atom stereocenters. The molecule has 0 fully saturated rings. The Hall–Kier alpha value is -2.08. The van der Waals surface area contributed by atoms with E-state index in [1.807, 2.05) is 22.9 Å². The summed E-state index contributed by atoms with van der Waals surface area (Å²) in [5.41, 5.74) is 6.69. The highest BCUT2D eigenvalue weighted by molar-refractivity contribution is 5.61. The third-order valence-corrected chi connectivity index (χ3v) is 3.94. The van der Waals surface area contributed by atoms with Crippen molar-refractivity contribution in [2.24, 2.45) is 11.7 Å². The fourth-order valence-corrected chi connectivity index (χ4v) is 2.67. The number of hydrogen-bond donors (Lipinski definition) is 1. The van der Waals surface area contributed by atoms with Gasteiger partial charge in [-0.25, -0.2) is 9.67 Å². The minimum atomic E-state index is 0.514. The number of aryl methyl sites for hydroxylation is 1. The van der Waals surface area contributed by atoms with E-state index < -0.39 is 0 Å². The third-order valence-electron chi connectivity index (χ3n) is 3.94. The maximum Gasteiger partial charge on any atom is 0.181 e. The largest absolute Gasteiger partial charge is 0.493 e. The van der Waals surface area contributed by atoms with E-state index in [9.17, 15) is 0 Å². The summed E-state index contributed by atoms with van der Waals surface area (Å²) in [5, 5.41) is 4.59. The van der Waals surface area contributed by atoms with Crippen molar-refractivity contribution in [1.29, 1.82) is 0 Å². The number of benzene rings is 1. The first kappa shape index (κ1) is 13.9. The zero-order valence-corrected chi connectivity index (χ0v) is 12.4. The van der Waals surface area contributed by atoms with Crippen LogP contribution in [-0.4, -0.2) is 35.5 Å². The van der Waals surface area contributed by atoms with Crippen molar-refractivity contribution in [2.75, 3.05) is 20.8 Å². The molecule has 0 bridgehead atoms. The highest BCUT2D eigenvalue weighted by Crippen LogP contribution is 2.31. The Morgan fingerprint density at radius 2 is 2.10 bits per heavy atom. The van der Waals surface area contributed by atoms with Crippen LogP contribution >= 0.6 is 0 Å². The average molecular weight is 288 g/mol. The van der Waals surface area contributed by atoms with Gasteiger partial charge in [-0.3, -0.25) is 0 Å². The Balaban J connectivity index is 1.93. The molecule has 0 saturated heterocycles. The maximum absolute atomic E-state index is 5.76. The summed E-state index contributed by atoms with van der Waals surface area (Å²) >= 11 is 0. The molecule has 1 aliphatic rings. The minimum Gasteiger partial charge on any atom is -0.493 e.